The van der Waals surface area contributed by atoms with Crippen LogP contribution in [0.4, 0.5) is 22.7 Å². The minimum atomic E-state index is -5.15. The normalized spacial score (nSPS) is 13.7. The summed E-state index contributed by atoms with van der Waals surface area (Å²) in [5.41, 5.74) is 12.1. The van der Waals surface area contributed by atoms with Gasteiger partial charge in [0, 0.05) is 12.2 Å². The van der Waals surface area contributed by atoms with E-state index in [1.807, 2.05) is 0 Å². The number of hydrazone groups is 2. The largest absolute Gasteiger partial charge is 1.00 e. The summed E-state index contributed by atoms with van der Waals surface area (Å²) in [5.74, 6) is -0.565. The number of hydrogen-bond donors (Lipinski definition) is 6. The van der Waals surface area contributed by atoms with Gasteiger partial charge >= 0.3 is 59.1 Å². The second-order valence-corrected chi connectivity index (χ2v) is 13.4. The third-order valence-corrected chi connectivity index (χ3v) is 8.89. The number of benzene rings is 4. The molecule has 0 aliphatic carbocycles. The Labute approximate surface area is 354 Å². The summed E-state index contributed by atoms with van der Waals surface area (Å²) in [6.07, 6.45) is 7.46. The number of nitrogens with zero attached hydrogens (tertiary/aromatic N) is 6. The average molecular weight is 791 g/mol. The molecule has 0 unspecified atom stereocenters. The van der Waals surface area contributed by atoms with Crippen molar-refractivity contribution in [3.8, 4) is 0 Å². The van der Waals surface area contributed by atoms with Gasteiger partial charge in [-0.05, 0) is 59.7 Å². The van der Waals surface area contributed by atoms with Crippen LogP contribution in [0.2, 0.25) is 0 Å². The molecule has 2 aliphatic heterocycles. The fourth-order valence-corrected chi connectivity index (χ4v) is 6.16. The van der Waals surface area contributed by atoms with Gasteiger partial charge in [0.25, 0.3) is 0 Å². The van der Waals surface area contributed by atoms with Crippen molar-refractivity contribution in [2.75, 3.05) is 21.1 Å². The van der Waals surface area contributed by atoms with Crippen LogP contribution in [0.1, 0.15) is 11.1 Å². The number of rotatable bonds is 12. The standard InChI is InChI=1S/C32H30N10O8S2.2Na/c43-31-17-19-33-41(37-31)39(35-25-7-3-1-4-8-25)27-15-13-23(29(21-27)51(45,46)47)11-12-24-14-16-28(22-30(24)52(48,49)50)40(36-26-9-5-2-6-10-26)42-34-20-18-32(44)38-42;;/h1-22,35-38,43-44H,(H,45,46,47)(H,48,49,50);;/q;2*+1/p-2/b12-11+;;. The smallest absolute Gasteiger partial charge is 0.744 e. The second kappa shape index (κ2) is 18.1. The number of aliphatic hydroxyl groups excluding tert-OH is 2. The summed E-state index contributed by atoms with van der Waals surface area (Å²) < 4.78 is 75.3. The van der Waals surface area contributed by atoms with Crippen LogP contribution in [0.5, 0.6) is 0 Å². The van der Waals surface area contributed by atoms with Crippen LogP contribution >= 0.6 is 0 Å². The summed E-state index contributed by atoms with van der Waals surface area (Å²) in [5, 5.41) is 32.8. The summed E-state index contributed by atoms with van der Waals surface area (Å²) in [7, 11) is -10.3. The Morgan fingerprint density at radius 3 is 1.31 bits per heavy atom. The van der Waals surface area contributed by atoms with E-state index in [9.17, 15) is 36.2 Å². The van der Waals surface area contributed by atoms with Crippen LogP contribution in [-0.2, 0) is 20.2 Å². The van der Waals surface area contributed by atoms with Gasteiger partial charge < -0.3 is 19.3 Å². The first kappa shape index (κ1) is 42.0. The average Bonchev–Trinajstić information content (AvgIpc) is 3.12. The quantitative estimate of drug-likeness (QED) is 0.0379. The summed E-state index contributed by atoms with van der Waals surface area (Å²) in [6, 6.07) is 25.0. The van der Waals surface area contributed by atoms with Crippen LogP contribution in [0, 0.1) is 0 Å². The van der Waals surface area contributed by atoms with E-state index in [0.29, 0.717) is 11.4 Å². The van der Waals surface area contributed by atoms with Gasteiger partial charge in [0.1, 0.15) is 20.2 Å². The van der Waals surface area contributed by atoms with Gasteiger partial charge in [-0.15, -0.1) is 10.2 Å². The molecule has 4 aromatic carbocycles. The van der Waals surface area contributed by atoms with Crippen LogP contribution in [0.15, 0.2) is 141 Å². The SMILES string of the molecule is O=S(=O)([O-])c1cc(N(Nc2ccccc2)N2N=CC=C(O)N2)ccc1/C=C/c1ccc(N(Nc2ccccc2)N2N=CC=C(O)N2)cc1S(=O)(=O)[O-].[Na+].[Na+]. The molecule has 22 heteroatoms. The van der Waals surface area contributed by atoms with Crippen molar-refractivity contribution in [2.45, 2.75) is 9.79 Å². The number of para-hydroxylation sites is 2. The zero-order valence-corrected chi connectivity index (χ0v) is 34.2. The van der Waals surface area contributed by atoms with E-state index < -0.39 is 30.0 Å². The van der Waals surface area contributed by atoms with E-state index in [0.717, 1.165) is 22.6 Å². The van der Waals surface area contributed by atoms with Crippen LogP contribution in [0.3, 0.4) is 0 Å². The first-order valence-electron chi connectivity index (χ1n) is 15.0. The molecule has 0 amide bonds. The maximum Gasteiger partial charge on any atom is 1.00 e. The minimum absolute atomic E-state index is 0. The van der Waals surface area contributed by atoms with E-state index >= 15 is 0 Å². The Kier molecular flexibility index (Phi) is 14.0. The Balaban J connectivity index is 0.00000325. The number of nitrogens with one attached hydrogen (secondary N) is 4. The van der Waals surface area contributed by atoms with Gasteiger partial charge in [0.05, 0.1) is 45.0 Å². The number of aliphatic hydroxyl groups is 2. The first-order valence-corrected chi connectivity index (χ1v) is 17.8. The van der Waals surface area contributed by atoms with Gasteiger partial charge in [0.2, 0.25) is 11.8 Å². The molecule has 54 heavy (non-hydrogen) atoms. The van der Waals surface area contributed by atoms with Crippen LogP contribution in [0.25, 0.3) is 12.2 Å². The number of hydrazine groups is 6. The Morgan fingerprint density at radius 1 is 0.611 bits per heavy atom. The maximum absolute atomic E-state index is 12.6. The van der Waals surface area contributed by atoms with E-state index in [1.165, 1.54) is 71.2 Å². The predicted molar refractivity (Wildman–Crippen MR) is 191 cm³/mol. The molecule has 2 heterocycles. The fraction of sp³-hybridized carbons (Fsp3) is 0. The van der Waals surface area contributed by atoms with Gasteiger partial charge in [-0.2, -0.15) is 10.2 Å². The molecule has 18 nitrogen and oxygen atoms in total. The monoisotopic (exact) mass is 790 g/mol. The van der Waals surface area contributed by atoms with E-state index in [2.05, 4.69) is 31.9 Å². The Bertz CT molecular complexity index is 2170. The van der Waals surface area contributed by atoms with Crippen molar-refractivity contribution < 1.29 is 95.3 Å². The molecular weight excluding hydrogens is 763 g/mol. The van der Waals surface area contributed by atoms with E-state index in [1.54, 1.807) is 60.7 Å². The van der Waals surface area contributed by atoms with Crippen molar-refractivity contribution in [3.63, 3.8) is 0 Å². The third-order valence-electron chi connectivity index (χ3n) is 7.11. The molecule has 0 radical (unpaired) electrons. The molecule has 0 fully saturated rings. The van der Waals surface area contributed by atoms with Crippen LogP contribution < -0.4 is 91.1 Å². The molecule has 0 saturated carbocycles. The van der Waals surface area contributed by atoms with Gasteiger partial charge in [-0.3, -0.25) is 10.9 Å². The van der Waals surface area contributed by atoms with Gasteiger partial charge in [0.15, 0.2) is 0 Å². The van der Waals surface area contributed by atoms with Crippen molar-refractivity contribution >= 4 is 67.6 Å². The van der Waals surface area contributed by atoms with Crippen molar-refractivity contribution in [2.24, 2.45) is 10.2 Å². The molecule has 0 spiro atoms. The molecule has 2 aliphatic rings. The Hall–Kier alpha value is -4.74. The minimum Gasteiger partial charge on any atom is -0.744 e. The predicted octanol–water partition coefficient (Wildman–Crippen LogP) is -2.42. The van der Waals surface area contributed by atoms with Gasteiger partial charge in [-0.1, -0.05) is 71.1 Å². The third kappa shape index (κ3) is 10.5. The number of allylic oxidation sites excluding steroid dienone is 2. The second-order valence-electron chi connectivity index (χ2n) is 10.7. The molecular formula is C32H28N10Na2O8S2. The van der Waals surface area contributed by atoms with Crippen molar-refractivity contribution in [1.29, 1.82) is 0 Å². The zero-order valence-electron chi connectivity index (χ0n) is 28.5. The summed E-state index contributed by atoms with van der Waals surface area (Å²) >= 11 is 0. The van der Waals surface area contributed by atoms with Crippen molar-refractivity contribution in [1.82, 2.24) is 21.3 Å². The van der Waals surface area contributed by atoms with Crippen molar-refractivity contribution in [3.05, 3.63) is 132 Å². The molecule has 0 saturated heterocycles. The number of anilines is 4. The number of hydrogen-bond acceptors (Lipinski definition) is 18. The molecule has 4 aromatic rings. The first-order chi connectivity index (χ1) is 24.8. The Morgan fingerprint density at radius 2 is 0.981 bits per heavy atom. The fourth-order valence-electron chi connectivity index (χ4n) is 4.78. The molecule has 268 valence electrons. The molecule has 0 atom stereocenters. The van der Waals surface area contributed by atoms with E-state index in [-0.39, 0.29) is 93.4 Å². The summed E-state index contributed by atoms with van der Waals surface area (Å²) in [4.78, 5) is -1.38. The zero-order chi connectivity index (χ0) is 36.9. The van der Waals surface area contributed by atoms with Gasteiger partial charge in [-0.25, -0.2) is 27.7 Å². The molecule has 0 bridgehead atoms. The van der Waals surface area contributed by atoms with E-state index in [4.69, 9.17) is 0 Å². The molecule has 0 aromatic heterocycles. The maximum atomic E-state index is 12.6. The topological polar surface area (TPSA) is 241 Å². The molecule has 6 N–H and O–H groups in total. The molecule has 6 rings (SSSR count). The summed E-state index contributed by atoms with van der Waals surface area (Å²) in [6.45, 7) is 0. The van der Waals surface area contributed by atoms with Crippen LogP contribution in [-0.4, -0.2) is 59.0 Å².